The average Bonchev–Trinajstić information content (AvgIpc) is 2.95. The molecule has 0 radical (unpaired) electrons. The van der Waals surface area contributed by atoms with E-state index in [9.17, 15) is 19.4 Å². The summed E-state index contributed by atoms with van der Waals surface area (Å²) in [4.78, 5) is 18.5. The molecule has 1 heterocycles. The molecule has 0 aliphatic heterocycles. The number of halogens is 1. The molecule has 2 N–H and O–H groups in total. The summed E-state index contributed by atoms with van der Waals surface area (Å²) in [5.74, 6) is -0.115. The number of fused-ring (bicyclic) bond motifs is 1. The molecule has 1 amide bonds. The van der Waals surface area contributed by atoms with Crippen LogP contribution in [0.1, 0.15) is 39.8 Å². The second kappa shape index (κ2) is 7.59. The summed E-state index contributed by atoms with van der Waals surface area (Å²) < 4.78 is 15.7. The van der Waals surface area contributed by atoms with Gasteiger partial charge in [0.1, 0.15) is 22.9 Å². The lowest BCUT2D eigenvalue weighted by Crippen LogP contribution is -2.23. The third kappa shape index (κ3) is 3.45. The van der Waals surface area contributed by atoms with Crippen LogP contribution in [0.3, 0.4) is 0 Å². The number of aromatic hydroxyl groups is 1. The number of imidazole rings is 1. The highest BCUT2D eigenvalue weighted by atomic mass is 19.1. The normalized spacial score (nSPS) is 12.4. The zero-order chi connectivity index (χ0) is 20.6. The number of hydrogen-bond acceptors (Lipinski definition) is 4. The Kier molecular flexibility index (Phi) is 5.38. The largest absolute Gasteiger partial charge is 0.505 e. The van der Waals surface area contributed by atoms with Gasteiger partial charge in [0.25, 0.3) is 5.91 Å². The molecule has 0 fully saturated rings. The SMILES string of the molecule is Cc1nc2c(O)c(CCC(O)c3ccccc3F)c(C(=O)N(C)C)cc2n1C. The van der Waals surface area contributed by atoms with Gasteiger partial charge in [-0.05, 0) is 31.9 Å². The van der Waals surface area contributed by atoms with Gasteiger partial charge in [-0.2, -0.15) is 0 Å². The van der Waals surface area contributed by atoms with Crippen LogP contribution in [0.5, 0.6) is 5.75 Å². The molecule has 0 aliphatic rings. The molecule has 1 unspecified atom stereocenters. The number of hydrogen-bond donors (Lipinski definition) is 2. The molecule has 3 aromatic rings. The Hall–Kier alpha value is -2.93. The van der Waals surface area contributed by atoms with E-state index < -0.39 is 11.9 Å². The van der Waals surface area contributed by atoms with E-state index in [1.807, 2.05) is 14.0 Å². The minimum absolute atomic E-state index is 0.0767. The van der Waals surface area contributed by atoms with E-state index in [2.05, 4.69) is 4.98 Å². The Morgan fingerprint density at radius 3 is 2.64 bits per heavy atom. The minimum Gasteiger partial charge on any atom is -0.505 e. The van der Waals surface area contributed by atoms with Gasteiger partial charge in [-0.25, -0.2) is 9.37 Å². The molecule has 3 rings (SSSR count). The third-order valence-corrected chi connectivity index (χ3v) is 5.05. The Morgan fingerprint density at radius 1 is 1.32 bits per heavy atom. The first-order valence-corrected chi connectivity index (χ1v) is 9.04. The number of benzene rings is 2. The van der Waals surface area contributed by atoms with E-state index in [4.69, 9.17) is 0 Å². The van der Waals surface area contributed by atoms with Crippen molar-refractivity contribution in [2.24, 2.45) is 7.05 Å². The van der Waals surface area contributed by atoms with Crippen LogP contribution in [-0.2, 0) is 13.5 Å². The van der Waals surface area contributed by atoms with E-state index >= 15 is 0 Å². The maximum Gasteiger partial charge on any atom is 0.253 e. The van der Waals surface area contributed by atoms with Crippen LogP contribution in [0, 0.1) is 12.7 Å². The predicted octanol–water partition coefficient (Wildman–Crippen LogP) is 3.09. The van der Waals surface area contributed by atoms with Crippen molar-refractivity contribution in [2.75, 3.05) is 14.1 Å². The van der Waals surface area contributed by atoms with Gasteiger partial charge in [-0.3, -0.25) is 4.79 Å². The number of phenolic OH excluding ortho intramolecular Hbond substituents is 1. The fraction of sp³-hybridized carbons (Fsp3) is 0.333. The smallest absolute Gasteiger partial charge is 0.253 e. The summed E-state index contributed by atoms with van der Waals surface area (Å²) in [6.07, 6.45) is -0.703. The fourth-order valence-electron chi connectivity index (χ4n) is 3.33. The molecule has 0 bridgehead atoms. The van der Waals surface area contributed by atoms with Gasteiger partial charge in [0.2, 0.25) is 0 Å². The van der Waals surface area contributed by atoms with Crippen LogP contribution in [0.25, 0.3) is 11.0 Å². The number of rotatable bonds is 5. The van der Waals surface area contributed by atoms with E-state index in [1.165, 1.54) is 17.0 Å². The quantitative estimate of drug-likeness (QED) is 0.707. The van der Waals surface area contributed by atoms with E-state index in [0.29, 0.717) is 28.0 Å². The van der Waals surface area contributed by atoms with Crippen molar-refractivity contribution >= 4 is 16.9 Å². The molecular weight excluding hydrogens is 361 g/mol. The number of aliphatic hydroxyl groups excluding tert-OH is 1. The van der Waals surface area contributed by atoms with Gasteiger partial charge in [-0.1, -0.05) is 18.2 Å². The van der Waals surface area contributed by atoms with Gasteiger partial charge in [0.15, 0.2) is 0 Å². The van der Waals surface area contributed by atoms with E-state index in [-0.39, 0.29) is 30.1 Å². The number of aryl methyl sites for hydroxylation is 2. The van der Waals surface area contributed by atoms with Crippen molar-refractivity contribution in [2.45, 2.75) is 25.9 Å². The van der Waals surface area contributed by atoms with Crippen molar-refractivity contribution in [3.8, 4) is 5.75 Å². The highest BCUT2D eigenvalue weighted by Crippen LogP contribution is 2.34. The number of aliphatic hydroxyl groups is 1. The fourth-order valence-corrected chi connectivity index (χ4v) is 3.33. The summed E-state index contributed by atoms with van der Waals surface area (Å²) in [7, 11) is 5.09. The summed E-state index contributed by atoms with van der Waals surface area (Å²) in [5, 5.41) is 21.3. The molecule has 6 nitrogen and oxygen atoms in total. The summed E-state index contributed by atoms with van der Waals surface area (Å²) in [5.41, 5.74) is 2.00. The maximum atomic E-state index is 13.9. The molecule has 0 aliphatic carbocycles. The first kappa shape index (κ1) is 19.8. The van der Waals surface area contributed by atoms with Crippen molar-refractivity contribution in [1.82, 2.24) is 14.5 Å². The Balaban J connectivity index is 2.03. The zero-order valence-electron chi connectivity index (χ0n) is 16.4. The number of aromatic nitrogens is 2. The molecule has 2 aromatic carbocycles. The molecule has 0 saturated carbocycles. The first-order chi connectivity index (χ1) is 13.2. The molecule has 28 heavy (non-hydrogen) atoms. The lowest BCUT2D eigenvalue weighted by Gasteiger charge is -2.18. The van der Waals surface area contributed by atoms with Gasteiger partial charge in [0, 0.05) is 37.8 Å². The van der Waals surface area contributed by atoms with Crippen LogP contribution in [-0.4, -0.2) is 44.7 Å². The van der Waals surface area contributed by atoms with Crippen molar-refractivity contribution in [1.29, 1.82) is 0 Å². The highest BCUT2D eigenvalue weighted by Gasteiger charge is 2.23. The molecule has 1 atom stereocenters. The lowest BCUT2D eigenvalue weighted by atomic mass is 9.95. The van der Waals surface area contributed by atoms with Gasteiger partial charge >= 0.3 is 0 Å². The van der Waals surface area contributed by atoms with E-state index in [0.717, 1.165) is 0 Å². The Morgan fingerprint density at radius 2 is 2.00 bits per heavy atom. The van der Waals surface area contributed by atoms with E-state index in [1.54, 1.807) is 36.9 Å². The van der Waals surface area contributed by atoms with Crippen LogP contribution < -0.4 is 0 Å². The zero-order valence-corrected chi connectivity index (χ0v) is 16.4. The molecule has 148 valence electrons. The summed E-state index contributed by atoms with van der Waals surface area (Å²) in [6, 6.07) is 7.74. The average molecular weight is 385 g/mol. The maximum absolute atomic E-state index is 13.9. The highest BCUT2D eigenvalue weighted by molar-refractivity contribution is 6.01. The second-order valence-corrected chi connectivity index (χ2v) is 7.11. The number of nitrogens with zero attached hydrogens (tertiary/aromatic N) is 3. The summed E-state index contributed by atoms with van der Waals surface area (Å²) in [6.45, 7) is 1.81. The van der Waals surface area contributed by atoms with Crippen LogP contribution in [0.4, 0.5) is 4.39 Å². The van der Waals surface area contributed by atoms with Gasteiger partial charge in [-0.15, -0.1) is 0 Å². The van der Waals surface area contributed by atoms with Crippen molar-refractivity contribution in [3.05, 3.63) is 58.7 Å². The third-order valence-electron chi connectivity index (χ3n) is 5.05. The minimum atomic E-state index is -1.05. The Bertz CT molecular complexity index is 1040. The van der Waals surface area contributed by atoms with Crippen LogP contribution in [0.15, 0.2) is 30.3 Å². The predicted molar refractivity (Wildman–Crippen MR) is 105 cm³/mol. The molecular formula is C21H24FN3O3. The van der Waals surface area contributed by atoms with Crippen molar-refractivity contribution < 1.29 is 19.4 Å². The molecule has 0 saturated heterocycles. The summed E-state index contributed by atoms with van der Waals surface area (Å²) >= 11 is 0. The Labute approximate surface area is 162 Å². The number of carbonyl (C=O) groups is 1. The monoisotopic (exact) mass is 385 g/mol. The lowest BCUT2D eigenvalue weighted by molar-refractivity contribution is 0.0825. The van der Waals surface area contributed by atoms with Crippen molar-refractivity contribution in [3.63, 3.8) is 0 Å². The second-order valence-electron chi connectivity index (χ2n) is 7.11. The number of carbonyl (C=O) groups excluding carboxylic acids is 1. The van der Waals surface area contributed by atoms with Crippen LogP contribution in [0.2, 0.25) is 0 Å². The molecule has 1 aromatic heterocycles. The van der Waals surface area contributed by atoms with Gasteiger partial charge in [0.05, 0.1) is 11.6 Å². The standard InChI is InChI=1S/C21H24FN3O3/c1-12-23-19-17(25(12)4)11-15(21(28)24(2)3)13(20(19)27)9-10-18(26)14-7-5-6-8-16(14)22/h5-8,11,18,26-27H,9-10H2,1-4H3. The number of phenols is 1. The van der Waals surface area contributed by atoms with Crippen LogP contribution >= 0.6 is 0 Å². The molecule has 7 heteroatoms. The number of amides is 1. The first-order valence-electron chi connectivity index (χ1n) is 9.04. The topological polar surface area (TPSA) is 78.6 Å². The van der Waals surface area contributed by atoms with Gasteiger partial charge < -0.3 is 19.7 Å². The molecule has 0 spiro atoms.